The first kappa shape index (κ1) is 14.4. The summed E-state index contributed by atoms with van der Waals surface area (Å²) < 4.78 is 5.38. The van der Waals surface area contributed by atoms with E-state index >= 15 is 0 Å². The Bertz CT molecular complexity index is 527. The van der Waals surface area contributed by atoms with Crippen LogP contribution < -0.4 is 5.73 Å². The number of aliphatic hydroxyl groups is 3. The Morgan fingerprint density at radius 1 is 1.60 bits per heavy atom. The Labute approximate surface area is 114 Å². The molecule has 2 heterocycles. The molecule has 0 bridgehead atoms. The maximum absolute atomic E-state index is 10.0. The second-order valence-corrected chi connectivity index (χ2v) is 4.49. The molecule has 108 valence electrons. The topological polar surface area (TPSA) is 148 Å². The summed E-state index contributed by atoms with van der Waals surface area (Å²) in [5.74, 6) is 0. The van der Waals surface area contributed by atoms with Crippen molar-refractivity contribution in [1.29, 1.82) is 0 Å². The lowest BCUT2D eigenvalue weighted by atomic mass is 10.1. The van der Waals surface area contributed by atoms with Gasteiger partial charge in [-0.25, -0.2) is 0 Å². The number of azide groups is 1. The summed E-state index contributed by atoms with van der Waals surface area (Å²) in [6.45, 7) is 2.98. The number of allylic oxidation sites excluding steroid dienone is 2. The zero-order valence-corrected chi connectivity index (χ0v) is 10.5. The van der Waals surface area contributed by atoms with Gasteiger partial charge in [0.15, 0.2) is 6.23 Å². The molecule has 2 aliphatic rings. The van der Waals surface area contributed by atoms with E-state index in [1.54, 1.807) is 12.2 Å². The van der Waals surface area contributed by atoms with Gasteiger partial charge in [-0.2, -0.15) is 0 Å². The van der Waals surface area contributed by atoms with Crippen LogP contribution in [0.15, 0.2) is 41.4 Å². The van der Waals surface area contributed by atoms with Gasteiger partial charge in [0, 0.05) is 22.5 Å². The van der Waals surface area contributed by atoms with E-state index in [4.69, 9.17) is 16.0 Å². The van der Waals surface area contributed by atoms with Crippen LogP contribution in [0, 0.1) is 0 Å². The van der Waals surface area contributed by atoms with Crippen molar-refractivity contribution in [1.82, 2.24) is 4.90 Å². The van der Waals surface area contributed by atoms with Crippen LogP contribution in [0.5, 0.6) is 0 Å². The van der Waals surface area contributed by atoms with Crippen LogP contribution in [0.1, 0.15) is 0 Å². The maximum Gasteiger partial charge on any atom is 0.200 e. The van der Waals surface area contributed by atoms with Crippen molar-refractivity contribution in [3.63, 3.8) is 0 Å². The zero-order chi connectivity index (χ0) is 14.9. The van der Waals surface area contributed by atoms with Gasteiger partial charge >= 0.3 is 0 Å². The van der Waals surface area contributed by atoms with Crippen molar-refractivity contribution in [3.05, 3.63) is 46.8 Å². The lowest BCUT2D eigenvalue weighted by Gasteiger charge is -2.32. The summed E-state index contributed by atoms with van der Waals surface area (Å²) in [5.41, 5.74) is 13.1. The van der Waals surface area contributed by atoms with Gasteiger partial charge in [0.05, 0.1) is 6.61 Å². The van der Waals surface area contributed by atoms with Gasteiger partial charge in [-0.05, 0) is 17.7 Å². The Balaban J connectivity index is 2.30. The number of hydrogen-bond donors (Lipinski definition) is 4. The Morgan fingerprint density at radius 3 is 2.85 bits per heavy atom. The quantitative estimate of drug-likeness (QED) is 0.304. The fraction of sp³-hybridized carbons (Fsp3) is 0.455. The van der Waals surface area contributed by atoms with Crippen LogP contribution in [0.4, 0.5) is 0 Å². The van der Waals surface area contributed by atoms with Crippen molar-refractivity contribution in [3.8, 4) is 0 Å². The molecule has 1 fully saturated rings. The summed E-state index contributed by atoms with van der Waals surface area (Å²) in [5, 5.41) is 32.6. The van der Waals surface area contributed by atoms with E-state index in [-0.39, 0.29) is 0 Å². The summed E-state index contributed by atoms with van der Waals surface area (Å²) in [7, 11) is 0. The molecule has 1 unspecified atom stereocenters. The SMILES string of the molecule is C=C1C=C(N)C=CN1[C@@H]1O[C@@](CO)(N=[N+]=[N-])C(O)[C@@H]1O. The highest BCUT2D eigenvalue weighted by atomic mass is 16.6. The first-order valence-corrected chi connectivity index (χ1v) is 5.79. The summed E-state index contributed by atoms with van der Waals surface area (Å²) in [4.78, 5) is 3.96. The first-order valence-electron chi connectivity index (χ1n) is 5.79. The number of nitrogens with two attached hydrogens (primary N) is 1. The Morgan fingerprint density at radius 2 is 2.30 bits per heavy atom. The minimum Gasteiger partial charge on any atom is -0.399 e. The maximum atomic E-state index is 10.0. The third kappa shape index (κ3) is 2.13. The highest BCUT2D eigenvalue weighted by Gasteiger charge is 2.55. The number of ether oxygens (including phenoxy) is 1. The number of aliphatic hydroxyl groups excluding tert-OH is 3. The van der Waals surface area contributed by atoms with E-state index in [9.17, 15) is 15.3 Å². The second-order valence-electron chi connectivity index (χ2n) is 4.49. The van der Waals surface area contributed by atoms with Crippen LogP contribution in [0.2, 0.25) is 0 Å². The van der Waals surface area contributed by atoms with Crippen LogP contribution in [-0.4, -0.2) is 51.0 Å². The molecule has 2 aliphatic heterocycles. The normalized spacial score (nSPS) is 36.8. The monoisotopic (exact) mass is 281 g/mol. The average molecular weight is 281 g/mol. The van der Waals surface area contributed by atoms with Crippen LogP contribution >= 0.6 is 0 Å². The highest BCUT2D eigenvalue weighted by molar-refractivity contribution is 5.32. The average Bonchev–Trinajstić information content (AvgIpc) is 2.65. The van der Waals surface area contributed by atoms with E-state index in [1.165, 1.54) is 11.1 Å². The van der Waals surface area contributed by atoms with E-state index in [0.29, 0.717) is 11.4 Å². The molecule has 0 aromatic heterocycles. The van der Waals surface area contributed by atoms with Gasteiger partial charge < -0.3 is 30.7 Å². The third-order valence-electron chi connectivity index (χ3n) is 3.21. The zero-order valence-electron chi connectivity index (χ0n) is 10.5. The largest absolute Gasteiger partial charge is 0.399 e. The fourth-order valence-electron chi connectivity index (χ4n) is 2.14. The predicted octanol–water partition coefficient (Wildman–Crippen LogP) is -0.751. The minimum atomic E-state index is -1.93. The lowest BCUT2D eigenvalue weighted by molar-refractivity contribution is -0.130. The van der Waals surface area contributed by atoms with E-state index in [0.717, 1.165) is 0 Å². The van der Waals surface area contributed by atoms with Crippen molar-refractivity contribution in [2.24, 2.45) is 10.8 Å². The molecule has 4 atom stereocenters. The molecule has 5 N–H and O–H groups in total. The minimum absolute atomic E-state index is 0.427. The van der Waals surface area contributed by atoms with Crippen molar-refractivity contribution < 1.29 is 20.1 Å². The van der Waals surface area contributed by atoms with Crippen LogP contribution in [0.3, 0.4) is 0 Å². The molecule has 0 aliphatic carbocycles. The van der Waals surface area contributed by atoms with Gasteiger partial charge in [0.2, 0.25) is 5.72 Å². The molecule has 0 radical (unpaired) electrons. The van der Waals surface area contributed by atoms with Crippen LogP contribution in [0.25, 0.3) is 10.4 Å². The first-order chi connectivity index (χ1) is 9.45. The summed E-state index contributed by atoms with van der Waals surface area (Å²) >= 11 is 0. The number of nitrogens with zero attached hydrogens (tertiary/aromatic N) is 4. The van der Waals surface area contributed by atoms with Gasteiger partial charge in [-0.15, -0.1) is 0 Å². The summed E-state index contributed by atoms with van der Waals surface area (Å²) in [6.07, 6.45) is 0.593. The molecule has 9 heteroatoms. The van der Waals surface area contributed by atoms with Gasteiger partial charge in [0.25, 0.3) is 0 Å². The molecule has 0 saturated carbocycles. The fourth-order valence-corrected chi connectivity index (χ4v) is 2.14. The molecule has 0 spiro atoms. The van der Waals surface area contributed by atoms with Gasteiger partial charge in [-0.3, -0.25) is 0 Å². The lowest BCUT2D eigenvalue weighted by Crippen LogP contribution is -2.44. The number of rotatable bonds is 3. The Kier molecular flexibility index (Phi) is 3.71. The van der Waals surface area contributed by atoms with E-state index < -0.39 is 30.8 Å². The predicted molar refractivity (Wildman–Crippen MR) is 68.2 cm³/mol. The molecule has 0 aromatic carbocycles. The molecule has 1 saturated heterocycles. The van der Waals surface area contributed by atoms with Crippen molar-refractivity contribution in [2.45, 2.75) is 24.2 Å². The molecular weight excluding hydrogens is 266 g/mol. The van der Waals surface area contributed by atoms with Crippen molar-refractivity contribution >= 4 is 0 Å². The molecule has 2 rings (SSSR count). The molecule has 20 heavy (non-hydrogen) atoms. The Hall–Kier alpha value is -2.03. The molecule has 0 aromatic rings. The van der Waals surface area contributed by atoms with Crippen molar-refractivity contribution in [2.75, 3.05) is 6.61 Å². The highest BCUT2D eigenvalue weighted by Crippen LogP contribution is 2.36. The molecule has 0 amide bonds. The third-order valence-corrected chi connectivity index (χ3v) is 3.21. The standard InChI is InChI=1S/C11H15N5O4/c1-6-4-7(12)2-3-16(6)10-8(18)9(19)11(5-17,20-10)14-15-13/h2-4,8-10,17-19H,1,5,12H2/t8-,9?,10+,11+/m0/s1. The second kappa shape index (κ2) is 5.16. The van der Waals surface area contributed by atoms with E-state index in [2.05, 4.69) is 16.6 Å². The molecular formula is C11H15N5O4. The van der Waals surface area contributed by atoms with Crippen LogP contribution in [-0.2, 0) is 4.74 Å². The number of hydrogen-bond acceptors (Lipinski definition) is 7. The van der Waals surface area contributed by atoms with E-state index in [1.807, 2.05) is 0 Å². The van der Waals surface area contributed by atoms with Gasteiger partial charge in [0.1, 0.15) is 12.2 Å². The molecule has 9 nitrogen and oxygen atoms in total. The van der Waals surface area contributed by atoms with Gasteiger partial charge in [-0.1, -0.05) is 11.7 Å². The summed E-state index contributed by atoms with van der Waals surface area (Å²) in [6, 6.07) is 0. The smallest absolute Gasteiger partial charge is 0.200 e.